The van der Waals surface area contributed by atoms with Crippen LogP contribution in [0.4, 0.5) is 0 Å². The molecule has 0 radical (unpaired) electrons. The molecule has 0 spiro atoms. The summed E-state index contributed by atoms with van der Waals surface area (Å²) in [5, 5.41) is 3.19. The van der Waals surface area contributed by atoms with Gasteiger partial charge in [-0.25, -0.2) is 0 Å². The van der Waals surface area contributed by atoms with Gasteiger partial charge in [-0.05, 0) is 63.0 Å². The van der Waals surface area contributed by atoms with Gasteiger partial charge in [-0.15, -0.1) is 0 Å². The zero-order valence-corrected chi connectivity index (χ0v) is 13.2. The molecule has 5 heteroatoms. The van der Waals surface area contributed by atoms with Crippen LogP contribution in [0.2, 0.25) is 0 Å². The van der Waals surface area contributed by atoms with Crippen molar-refractivity contribution in [1.29, 1.82) is 0 Å². The second kappa shape index (κ2) is 5.81. The van der Waals surface area contributed by atoms with E-state index in [1.54, 1.807) is 18.5 Å². The molecule has 2 unspecified atom stereocenters. The minimum atomic E-state index is -0.115. The van der Waals surface area contributed by atoms with E-state index in [1.165, 1.54) is 12.8 Å². The van der Waals surface area contributed by atoms with Crippen LogP contribution >= 0.6 is 0 Å². The monoisotopic (exact) mass is 311 g/mol. The Bertz CT molecular complexity index is 687. The third kappa shape index (κ3) is 2.65. The van der Waals surface area contributed by atoms with Gasteiger partial charge in [0.15, 0.2) is 5.76 Å². The van der Waals surface area contributed by atoms with Gasteiger partial charge >= 0.3 is 0 Å². The van der Waals surface area contributed by atoms with Crippen LogP contribution in [0.25, 0.3) is 11.3 Å². The van der Waals surface area contributed by atoms with Crippen molar-refractivity contribution in [3.8, 4) is 11.3 Å². The van der Waals surface area contributed by atoms with Gasteiger partial charge in [0.25, 0.3) is 5.91 Å². The Labute approximate surface area is 135 Å². The molecular weight excluding hydrogens is 290 g/mol. The standard InChI is InChI=1S/C18H21N3O2/c1-12-17(14-6-10-21(12)11-7-14)20-18(22)16-3-2-15(23-16)13-4-8-19-9-5-13/h2-5,8-9,12,14,17H,6-7,10-11H2,1H3,(H,20,22). The first kappa shape index (κ1) is 14.5. The average Bonchev–Trinajstić information content (AvgIpc) is 3.09. The van der Waals surface area contributed by atoms with Crippen molar-refractivity contribution < 1.29 is 9.21 Å². The molecule has 0 aromatic carbocycles. The fraction of sp³-hybridized carbons (Fsp3) is 0.444. The maximum Gasteiger partial charge on any atom is 0.287 e. The first-order chi connectivity index (χ1) is 11.2. The van der Waals surface area contributed by atoms with Crippen molar-refractivity contribution in [3.05, 3.63) is 42.4 Å². The van der Waals surface area contributed by atoms with Gasteiger partial charge < -0.3 is 9.73 Å². The molecule has 2 aromatic heterocycles. The highest BCUT2D eigenvalue weighted by molar-refractivity contribution is 5.92. The zero-order valence-electron chi connectivity index (χ0n) is 13.2. The van der Waals surface area contributed by atoms with Crippen molar-refractivity contribution >= 4 is 5.91 Å². The zero-order chi connectivity index (χ0) is 15.8. The van der Waals surface area contributed by atoms with Gasteiger partial charge in [0, 0.05) is 30.0 Å². The summed E-state index contributed by atoms with van der Waals surface area (Å²) >= 11 is 0. The Kier molecular flexibility index (Phi) is 3.65. The normalized spacial score (nSPS) is 29.4. The summed E-state index contributed by atoms with van der Waals surface area (Å²) in [5.41, 5.74) is 0.926. The van der Waals surface area contributed by atoms with Crippen molar-refractivity contribution in [2.45, 2.75) is 31.8 Å². The van der Waals surface area contributed by atoms with Crippen LogP contribution in [0, 0.1) is 5.92 Å². The fourth-order valence-electron chi connectivity index (χ4n) is 3.90. The number of carbonyl (C=O) groups excluding carboxylic acids is 1. The summed E-state index contributed by atoms with van der Waals surface area (Å²) in [6.45, 7) is 4.52. The summed E-state index contributed by atoms with van der Waals surface area (Å²) in [6, 6.07) is 7.95. The largest absolute Gasteiger partial charge is 0.451 e. The molecule has 3 aliphatic rings. The second-order valence-corrected chi connectivity index (χ2v) is 6.51. The lowest BCUT2D eigenvalue weighted by Gasteiger charge is -2.49. The summed E-state index contributed by atoms with van der Waals surface area (Å²) in [5.74, 6) is 1.55. The lowest BCUT2D eigenvalue weighted by atomic mass is 9.79. The van der Waals surface area contributed by atoms with Crippen LogP contribution in [0.1, 0.15) is 30.3 Å². The number of hydrogen-bond acceptors (Lipinski definition) is 4. The third-order valence-corrected chi connectivity index (χ3v) is 5.27. The van der Waals surface area contributed by atoms with E-state index in [9.17, 15) is 4.79 Å². The smallest absolute Gasteiger partial charge is 0.287 e. The molecule has 0 saturated carbocycles. The van der Waals surface area contributed by atoms with Gasteiger partial charge in [0.1, 0.15) is 5.76 Å². The maximum absolute atomic E-state index is 12.5. The van der Waals surface area contributed by atoms with E-state index in [-0.39, 0.29) is 11.9 Å². The Morgan fingerprint density at radius 2 is 1.96 bits per heavy atom. The fourth-order valence-corrected chi connectivity index (χ4v) is 3.90. The molecule has 5 heterocycles. The van der Waals surface area contributed by atoms with E-state index < -0.39 is 0 Å². The van der Waals surface area contributed by atoms with E-state index in [0.29, 0.717) is 23.5 Å². The summed E-state index contributed by atoms with van der Waals surface area (Å²) in [7, 11) is 0. The Balaban J connectivity index is 1.49. The highest BCUT2D eigenvalue weighted by atomic mass is 16.3. The van der Waals surface area contributed by atoms with Crippen molar-refractivity contribution in [2.24, 2.45) is 5.92 Å². The molecule has 5 rings (SSSR count). The molecule has 5 nitrogen and oxygen atoms in total. The van der Waals surface area contributed by atoms with E-state index in [4.69, 9.17) is 4.42 Å². The molecule has 2 bridgehead atoms. The Morgan fingerprint density at radius 1 is 1.22 bits per heavy atom. The number of piperidine rings is 3. The molecule has 2 atom stereocenters. The number of hydrogen-bond donors (Lipinski definition) is 1. The van der Waals surface area contributed by atoms with Gasteiger partial charge in [-0.2, -0.15) is 0 Å². The maximum atomic E-state index is 12.5. The van der Waals surface area contributed by atoms with E-state index in [1.807, 2.05) is 18.2 Å². The number of nitrogens with one attached hydrogen (secondary N) is 1. The van der Waals surface area contributed by atoms with Crippen LogP contribution < -0.4 is 5.32 Å². The molecule has 0 aliphatic carbocycles. The molecule has 3 fully saturated rings. The molecule has 120 valence electrons. The summed E-state index contributed by atoms with van der Waals surface area (Å²) in [4.78, 5) is 19.0. The van der Waals surface area contributed by atoms with Crippen LogP contribution in [0.3, 0.4) is 0 Å². The van der Waals surface area contributed by atoms with Crippen LogP contribution in [0.15, 0.2) is 41.1 Å². The third-order valence-electron chi connectivity index (χ3n) is 5.27. The average molecular weight is 311 g/mol. The van der Waals surface area contributed by atoms with E-state index in [2.05, 4.69) is 22.1 Å². The van der Waals surface area contributed by atoms with Crippen molar-refractivity contribution in [2.75, 3.05) is 13.1 Å². The predicted molar refractivity (Wildman–Crippen MR) is 87.0 cm³/mol. The molecule has 1 amide bonds. The van der Waals surface area contributed by atoms with Crippen LogP contribution in [0.5, 0.6) is 0 Å². The number of nitrogens with zero attached hydrogens (tertiary/aromatic N) is 2. The Hall–Kier alpha value is -2.14. The van der Waals surface area contributed by atoms with Gasteiger partial charge in [0.2, 0.25) is 0 Å². The Morgan fingerprint density at radius 3 is 2.65 bits per heavy atom. The first-order valence-electron chi connectivity index (χ1n) is 8.27. The molecule has 2 aromatic rings. The first-order valence-corrected chi connectivity index (χ1v) is 8.27. The van der Waals surface area contributed by atoms with E-state index in [0.717, 1.165) is 18.7 Å². The number of rotatable bonds is 3. The summed E-state index contributed by atoms with van der Waals surface area (Å²) in [6.07, 6.45) is 5.78. The SMILES string of the molecule is CC1C(NC(=O)c2ccc(-c3ccncc3)o2)C2CCN1CC2. The topological polar surface area (TPSA) is 58.4 Å². The lowest BCUT2D eigenvalue weighted by molar-refractivity contribution is 0.0211. The number of fused-ring (bicyclic) bond motifs is 3. The van der Waals surface area contributed by atoms with Crippen molar-refractivity contribution in [1.82, 2.24) is 15.2 Å². The van der Waals surface area contributed by atoms with Crippen LogP contribution in [-0.2, 0) is 0 Å². The molecule has 1 N–H and O–H groups in total. The quantitative estimate of drug-likeness (QED) is 0.946. The lowest BCUT2D eigenvalue weighted by Crippen LogP contribution is -2.62. The van der Waals surface area contributed by atoms with Gasteiger partial charge in [-0.1, -0.05) is 0 Å². The molecule has 3 aliphatic heterocycles. The molecule has 3 saturated heterocycles. The predicted octanol–water partition coefficient (Wildman–Crippen LogP) is 2.55. The van der Waals surface area contributed by atoms with Crippen LogP contribution in [-0.4, -0.2) is 41.0 Å². The van der Waals surface area contributed by atoms with Gasteiger partial charge in [0.05, 0.1) is 0 Å². The van der Waals surface area contributed by atoms with Gasteiger partial charge in [-0.3, -0.25) is 14.7 Å². The number of amides is 1. The molecular formula is C18H21N3O2. The van der Waals surface area contributed by atoms with E-state index >= 15 is 0 Å². The number of pyridine rings is 1. The molecule has 23 heavy (non-hydrogen) atoms. The highest BCUT2D eigenvalue weighted by Crippen LogP contribution is 2.32. The second-order valence-electron chi connectivity index (χ2n) is 6.51. The number of carbonyl (C=O) groups is 1. The number of furan rings is 1. The minimum absolute atomic E-state index is 0.115. The summed E-state index contributed by atoms with van der Waals surface area (Å²) < 4.78 is 5.73. The minimum Gasteiger partial charge on any atom is -0.451 e. The van der Waals surface area contributed by atoms with Crippen molar-refractivity contribution in [3.63, 3.8) is 0 Å². The number of aromatic nitrogens is 1. The highest BCUT2D eigenvalue weighted by Gasteiger charge is 2.40.